The predicted octanol–water partition coefficient (Wildman–Crippen LogP) is 3.41. The third-order valence-electron chi connectivity index (χ3n) is 3.71. The minimum Gasteiger partial charge on any atom is -0.333 e. The van der Waals surface area contributed by atoms with Crippen LogP contribution in [0.2, 0.25) is 5.02 Å². The molecule has 5 nitrogen and oxygen atoms in total. The molecule has 0 aliphatic carbocycles. The fourth-order valence-electron chi connectivity index (χ4n) is 2.59. The highest BCUT2D eigenvalue weighted by Gasteiger charge is 2.31. The maximum Gasteiger partial charge on any atom is 0.319 e. The maximum absolute atomic E-state index is 13.1. The molecular weight excluding hydrogens is 333 g/mol. The van der Waals surface area contributed by atoms with E-state index in [1.807, 2.05) is 30.3 Å². The van der Waals surface area contributed by atoms with Crippen molar-refractivity contribution in [2.75, 3.05) is 16.8 Å². The second kappa shape index (κ2) is 6.88. The fourth-order valence-corrected chi connectivity index (χ4v) is 2.77. The van der Waals surface area contributed by atoms with Crippen LogP contribution in [0.5, 0.6) is 0 Å². The van der Waals surface area contributed by atoms with E-state index in [4.69, 9.17) is 11.6 Å². The summed E-state index contributed by atoms with van der Waals surface area (Å²) in [6, 6.07) is 12.4. The lowest BCUT2D eigenvalue weighted by atomic mass is 10.2. The van der Waals surface area contributed by atoms with E-state index in [0.29, 0.717) is 12.2 Å². The third kappa shape index (κ3) is 3.65. The highest BCUT2D eigenvalue weighted by atomic mass is 35.5. The molecule has 1 aliphatic heterocycles. The van der Waals surface area contributed by atoms with Gasteiger partial charge in [-0.05, 0) is 30.3 Å². The van der Waals surface area contributed by atoms with Gasteiger partial charge in [-0.3, -0.25) is 4.79 Å². The summed E-state index contributed by atoms with van der Waals surface area (Å²) in [5.41, 5.74) is 1.18. The molecule has 1 fully saturated rings. The van der Waals surface area contributed by atoms with Gasteiger partial charge in [0.15, 0.2) is 0 Å². The Hall–Kier alpha value is -2.60. The molecule has 1 saturated heterocycles. The van der Waals surface area contributed by atoms with Gasteiger partial charge in [-0.2, -0.15) is 0 Å². The molecule has 24 heavy (non-hydrogen) atoms. The van der Waals surface area contributed by atoms with Crippen molar-refractivity contribution in [2.24, 2.45) is 0 Å². The number of nitrogens with one attached hydrogen (secondary N) is 2. The first-order valence-corrected chi connectivity index (χ1v) is 7.79. The largest absolute Gasteiger partial charge is 0.333 e. The summed E-state index contributed by atoms with van der Waals surface area (Å²) in [6.45, 7) is 0.403. The number of benzene rings is 2. The molecule has 3 rings (SSSR count). The quantitative estimate of drug-likeness (QED) is 0.893. The van der Waals surface area contributed by atoms with Crippen LogP contribution in [-0.2, 0) is 4.79 Å². The van der Waals surface area contributed by atoms with Crippen LogP contribution in [0.1, 0.15) is 6.42 Å². The second-order valence-corrected chi connectivity index (χ2v) is 5.88. The predicted molar refractivity (Wildman–Crippen MR) is 90.8 cm³/mol. The molecule has 0 radical (unpaired) electrons. The Bertz CT molecular complexity index is 770. The minimum absolute atomic E-state index is 0.0451. The first kappa shape index (κ1) is 16.3. The van der Waals surface area contributed by atoms with Gasteiger partial charge in [-0.25, -0.2) is 9.18 Å². The van der Waals surface area contributed by atoms with Crippen LogP contribution in [0.3, 0.4) is 0 Å². The van der Waals surface area contributed by atoms with Crippen LogP contribution in [-0.4, -0.2) is 24.5 Å². The number of hydrogen-bond acceptors (Lipinski definition) is 2. The number of hydrogen-bond donors (Lipinski definition) is 2. The molecule has 124 valence electrons. The average Bonchev–Trinajstić information content (AvgIpc) is 2.92. The molecule has 0 aromatic heterocycles. The first-order valence-electron chi connectivity index (χ1n) is 7.41. The number of para-hydroxylation sites is 1. The van der Waals surface area contributed by atoms with Crippen LogP contribution < -0.4 is 15.5 Å². The standard InChI is InChI=1S/C17H15ClFN3O2/c18-14-8-11(6-7-15(14)19)20-17(24)21-12-9-16(23)22(10-12)13-4-2-1-3-5-13/h1-8,12H,9-10H2,(H2,20,21,24)/t12-/m1/s1. The lowest BCUT2D eigenvalue weighted by Crippen LogP contribution is -2.39. The Morgan fingerprint density at radius 2 is 1.96 bits per heavy atom. The molecule has 0 spiro atoms. The molecule has 0 unspecified atom stereocenters. The molecule has 1 aliphatic rings. The summed E-state index contributed by atoms with van der Waals surface area (Å²) in [5.74, 6) is -0.598. The molecular formula is C17H15ClFN3O2. The zero-order chi connectivity index (χ0) is 17.1. The van der Waals surface area contributed by atoms with E-state index < -0.39 is 11.8 Å². The van der Waals surface area contributed by atoms with E-state index in [9.17, 15) is 14.0 Å². The Labute approximate surface area is 143 Å². The monoisotopic (exact) mass is 347 g/mol. The Balaban J connectivity index is 1.59. The highest BCUT2D eigenvalue weighted by Crippen LogP contribution is 2.22. The van der Waals surface area contributed by atoms with Gasteiger partial charge in [0.25, 0.3) is 0 Å². The van der Waals surface area contributed by atoms with Crippen molar-refractivity contribution in [2.45, 2.75) is 12.5 Å². The van der Waals surface area contributed by atoms with E-state index in [1.54, 1.807) is 4.90 Å². The van der Waals surface area contributed by atoms with Gasteiger partial charge in [0, 0.05) is 24.3 Å². The Kier molecular flexibility index (Phi) is 4.66. The number of halogens is 2. The van der Waals surface area contributed by atoms with Crippen LogP contribution in [0.25, 0.3) is 0 Å². The molecule has 3 amide bonds. The number of carbonyl (C=O) groups is 2. The lowest BCUT2D eigenvalue weighted by molar-refractivity contribution is -0.117. The highest BCUT2D eigenvalue weighted by molar-refractivity contribution is 6.31. The summed E-state index contributed by atoms with van der Waals surface area (Å²) in [6.07, 6.45) is 0.229. The number of carbonyl (C=O) groups excluding carboxylic acids is 2. The zero-order valence-corrected chi connectivity index (χ0v) is 13.4. The molecule has 0 saturated carbocycles. The second-order valence-electron chi connectivity index (χ2n) is 5.47. The van der Waals surface area contributed by atoms with Gasteiger partial charge in [0.1, 0.15) is 5.82 Å². The maximum atomic E-state index is 13.1. The number of amides is 3. The van der Waals surface area contributed by atoms with Crippen molar-refractivity contribution in [1.29, 1.82) is 0 Å². The SMILES string of the molecule is O=C(Nc1ccc(F)c(Cl)c1)N[C@@H]1CC(=O)N(c2ccccc2)C1. The van der Waals surface area contributed by atoms with Gasteiger partial charge >= 0.3 is 6.03 Å². The topological polar surface area (TPSA) is 61.4 Å². The number of nitrogens with zero attached hydrogens (tertiary/aromatic N) is 1. The van der Waals surface area contributed by atoms with Crippen LogP contribution in [0.15, 0.2) is 48.5 Å². The van der Waals surface area contributed by atoms with Crippen molar-refractivity contribution < 1.29 is 14.0 Å². The molecule has 1 atom stereocenters. The number of anilines is 2. The van der Waals surface area contributed by atoms with Crippen molar-refractivity contribution >= 4 is 34.9 Å². The van der Waals surface area contributed by atoms with Crippen molar-refractivity contribution in [1.82, 2.24) is 5.32 Å². The summed E-state index contributed by atoms with van der Waals surface area (Å²) >= 11 is 5.68. The van der Waals surface area contributed by atoms with E-state index in [1.165, 1.54) is 18.2 Å². The Morgan fingerprint density at radius 3 is 2.67 bits per heavy atom. The summed E-state index contributed by atoms with van der Waals surface area (Å²) in [5, 5.41) is 5.25. The molecule has 2 aromatic rings. The molecule has 1 heterocycles. The molecule has 7 heteroatoms. The van der Waals surface area contributed by atoms with Crippen molar-refractivity contribution in [3.05, 3.63) is 59.4 Å². The van der Waals surface area contributed by atoms with Crippen molar-refractivity contribution in [3.8, 4) is 0 Å². The van der Waals surface area contributed by atoms with Crippen LogP contribution >= 0.6 is 11.6 Å². The average molecular weight is 348 g/mol. The molecule has 0 bridgehead atoms. The van der Waals surface area contributed by atoms with E-state index >= 15 is 0 Å². The van der Waals surface area contributed by atoms with E-state index in [-0.39, 0.29) is 23.4 Å². The van der Waals surface area contributed by atoms with E-state index in [0.717, 1.165) is 5.69 Å². The number of rotatable bonds is 3. The van der Waals surface area contributed by atoms with Gasteiger partial charge in [0.2, 0.25) is 5.91 Å². The van der Waals surface area contributed by atoms with E-state index in [2.05, 4.69) is 10.6 Å². The zero-order valence-electron chi connectivity index (χ0n) is 12.6. The summed E-state index contributed by atoms with van der Waals surface area (Å²) in [7, 11) is 0. The Morgan fingerprint density at radius 1 is 1.21 bits per heavy atom. The summed E-state index contributed by atoms with van der Waals surface area (Å²) < 4.78 is 13.1. The summed E-state index contributed by atoms with van der Waals surface area (Å²) in [4.78, 5) is 25.8. The van der Waals surface area contributed by atoms with Crippen molar-refractivity contribution in [3.63, 3.8) is 0 Å². The minimum atomic E-state index is -0.553. The fraction of sp³-hybridized carbons (Fsp3) is 0.176. The number of urea groups is 1. The molecule has 2 N–H and O–H groups in total. The van der Waals surface area contributed by atoms with Gasteiger partial charge in [-0.15, -0.1) is 0 Å². The van der Waals surface area contributed by atoms with Crippen LogP contribution in [0, 0.1) is 5.82 Å². The van der Waals surface area contributed by atoms with Crippen LogP contribution in [0.4, 0.5) is 20.6 Å². The smallest absolute Gasteiger partial charge is 0.319 e. The first-order chi connectivity index (χ1) is 11.5. The normalized spacial score (nSPS) is 17.0. The lowest BCUT2D eigenvalue weighted by Gasteiger charge is -2.17. The van der Waals surface area contributed by atoms with Gasteiger partial charge in [-0.1, -0.05) is 29.8 Å². The van der Waals surface area contributed by atoms with Gasteiger partial charge < -0.3 is 15.5 Å². The van der Waals surface area contributed by atoms with Gasteiger partial charge in [0.05, 0.1) is 11.1 Å². The molecule has 2 aromatic carbocycles. The third-order valence-corrected chi connectivity index (χ3v) is 4.00.